The van der Waals surface area contributed by atoms with E-state index in [4.69, 9.17) is 9.31 Å². The molecule has 3 heterocycles. The van der Waals surface area contributed by atoms with Crippen LogP contribution in [0.5, 0.6) is 0 Å². The monoisotopic (exact) mass is 316 g/mol. The van der Waals surface area contributed by atoms with Crippen molar-refractivity contribution in [1.29, 1.82) is 0 Å². The molecule has 1 aromatic carbocycles. The summed E-state index contributed by atoms with van der Waals surface area (Å²) in [5, 5.41) is 4.73. The Hall–Kier alpha value is -0.875. The summed E-state index contributed by atoms with van der Waals surface area (Å²) in [6.45, 7) is 8.37. The minimum absolute atomic E-state index is 0.259. The first-order valence-electron chi connectivity index (χ1n) is 7.12. The fraction of sp³-hybridized carbons (Fsp3) is 0.375. The van der Waals surface area contributed by atoms with Gasteiger partial charge in [-0.2, -0.15) is 0 Å². The highest BCUT2D eigenvalue weighted by molar-refractivity contribution is 7.28. The van der Waals surface area contributed by atoms with Crippen LogP contribution in [0, 0.1) is 0 Å². The molecule has 2 aromatic heterocycles. The summed E-state index contributed by atoms with van der Waals surface area (Å²) in [5.41, 5.74) is -0.567. The van der Waals surface area contributed by atoms with Gasteiger partial charge in [0.25, 0.3) is 0 Å². The van der Waals surface area contributed by atoms with Gasteiger partial charge in [-0.1, -0.05) is 0 Å². The second-order valence-corrected chi connectivity index (χ2v) is 8.65. The largest absolute Gasteiger partial charge is 0.505 e. The van der Waals surface area contributed by atoms with Crippen LogP contribution in [0.1, 0.15) is 27.7 Å². The van der Waals surface area contributed by atoms with Gasteiger partial charge in [0.05, 0.1) is 11.2 Å². The van der Waals surface area contributed by atoms with E-state index >= 15 is 0 Å². The average Bonchev–Trinajstić information content (AvgIpc) is 3.02. The van der Waals surface area contributed by atoms with E-state index in [1.165, 1.54) is 20.2 Å². The van der Waals surface area contributed by atoms with Crippen molar-refractivity contribution >= 4 is 54.7 Å². The van der Waals surface area contributed by atoms with Gasteiger partial charge in [0, 0.05) is 14.2 Å². The molecule has 5 heteroatoms. The Morgan fingerprint density at radius 2 is 1.62 bits per heavy atom. The van der Waals surface area contributed by atoms with Crippen LogP contribution in [0.15, 0.2) is 29.6 Å². The lowest BCUT2D eigenvalue weighted by atomic mass is 9.87. The van der Waals surface area contributed by atoms with Gasteiger partial charge >= 0.3 is 7.12 Å². The van der Waals surface area contributed by atoms with Crippen LogP contribution in [0.25, 0.3) is 20.2 Å². The Balaban J connectivity index is 1.77. The Morgan fingerprint density at radius 3 is 2.33 bits per heavy atom. The summed E-state index contributed by atoms with van der Waals surface area (Å²) in [4.78, 5) is 0. The highest BCUT2D eigenvalue weighted by Crippen LogP contribution is 2.38. The molecule has 21 heavy (non-hydrogen) atoms. The van der Waals surface area contributed by atoms with E-state index in [0.717, 1.165) is 4.78 Å². The lowest BCUT2D eigenvalue weighted by molar-refractivity contribution is 0.00578. The summed E-state index contributed by atoms with van der Waals surface area (Å²) in [7, 11) is -0.259. The third kappa shape index (κ3) is 2.06. The minimum atomic E-state index is -0.284. The van der Waals surface area contributed by atoms with E-state index < -0.39 is 0 Å². The Kier molecular flexibility index (Phi) is 2.83. The molecule has 0 atom stereocenters. The van der Waals surface area contributed by atoms with Gasteiger partial charge in [0.15, 0.2) is 0 Å². The number of fused-ring (bicyclic) bond motifs is 2. The molecule has 0 radical (unpaired) electrons. The van der Waals surface area contributed by atoms with Crippen LogP contribution >= 0.6 is 22.7 Å². The zero-order valence-corrected chi connectivity index (χ0v) is 14.2. The van der Waals surface area contributed by atoms with Crippen LogP contribution in [-0.4, -0.2) is 18.3 Å². The summed E-state index contributed by atoms with van der Waals surface area (Å²) < 4.78 is 16.1. The predicted octanol–water partition coefficient (Wildman–Crippen LogP) is 4.42. The molecule has 0 aliphatic carbocycles. The number of thiophene rings is 2. The summed E-state index contributed by atoms with van der Waals surface area (Å²) >= 11 is 3.56. The van der Waals surface area contributed by atoms with Gasteiger partial charge in [-0.3, -0.25) is 0 Å². The molecule has 1 fully saturated rings. The van der Waals surface area contributed by atoms with Gasteiger partial charge in [-0.05, 0) is 68.1 Å². The van der Waals surface area contributed by atoms with Gasteiger partial charge in [-0.15, -0.1) is 22.7 Å². The maximum atomic E-state index is 6.15. The highest BCUT2D eigenvalue weighted by Gasteiger charge is 2.52. The van der Waals surface area contributed by atoms with Crippen molar-refractivity contribution in [3.63, 3.8) is 0 Å². The fourth-order valence-corrected chi connectivity index (χ4v) is 4.52. The molecule has 0 spiro atoms. The van der Waals surface area contributed by atoms with E-state index in [0.29, 0.717) is 0 Å². The molecule has 0 N–H and O–H groups in total. The summed E-state index contributed by atoms with van der Waals surface area (Å²) in [6.07, 6.45) is 0. The van der Waals surface area contributed by atoms with Gasteiger partial charge in [0.1, 0.15) is 0 Å². The summed E-state index contributed by atoms with van der Waals surface area (Å²) in [5.74, 6) is 0. The molecule has 0 saturated carbocycles. The van der Waals surface area contributed by atoms with Crippen molar-refractivity contribution in [2.75, 3.05) is 0 Å². The Bertz CT molecular complexity index is 767. The normalized spacial score (nSPS) is 20.7. The highest BCUT2D eigenvalue weighted by atomic mass is 32.1. The fourth-order valence-electron chi connectivity index (χ4n) is 2.59. The molecule has 4 rings (SSSR count). The predicted molar refractivity (Wildman–Crippen MR) is 92.9 cm³/mol. The van der Waals surface area contributed by atoms with Crippen molar-refractivity contribution in [2.24, 2.45) is 0 Å². The lowest BCUT2D eigenvalue weighted by Gasteiger charge is -2.32. The Morgan fingerprint density at radius 1 is 0.905 bits per heavy atom. The first-order chi connectivity index (χ1) is 9.86. The number of hydrogen-bond donors (Lipinski definition) is 0. The van der Waals surface area contributed by atoms with Crippen molar-refractivity contribution in [1.82, 2.24) is 0 Å². The summed E-state index contributed by atoms with van der Waals surface area (Å²) in [6, 6.07) is 8.91. The van der Waals surface area contributed by atoms with Gasteiger partial charge in [0.2, 0.25) is 0 Å². The second kappa shape index (κ2) is 4.32. The van der Waals surface area contributed by atoms with E-state index in [2.05, 4.69) is 57.3 Å². The molecule has 1 aliphatic heterocycles. The van der Waals surface area contributed by atoms with Crippen molar-refractivity contribution in [3.8, 4) is 0 Å². The van der Waals surface area contributed by atoms with E-state index in [9.17, 15) is 0 Å². The van der Waals surface area contributed by atoms with E-state index in [-0.39, 0.29) is 18.3 Å². The number of benzene rings is 1. The third-order valence-corrected chi connectivity index (χ3v) is 6.60. The molecular weight excluding hydrogens is 299 g/mol. The average molecular weight is 316 g/mol. The molecule has 0 unspecified atom stereocenters. The minimum Gasteiger partial charge on any atom is -0.399 e. The maximum Gasteiger partial charge on any atom is 0.505 e. The van der Waals surface area contributed by atoms with Crippen LogP contribution in [0.4, 0.5) is 0 Å². The molecule has 108 valence electrons. The van der Waals surface area contributed by atoms with Gasteiger partial charge < -0.3 is 9.31 Å². The molecule has 1 aliphatic rings. The van der Waals surface area contributed by atoms with Crippen molar-refractivity contribution < 1.29 is 9.31 Å². The zero-order valence-electron chi connectivity index (χ0n) is 12.6. The standard InChI is InChI=1S/C16H17BO2S2/c1-15(2)16(3,4)19-17(18-15)14-8-11-7-10-5-6-20-12(10)9-13(11)21-14/h5-9H,1-4H3. The number of hydrogen-bond acceptors (Lipinski definition) is 4. The lowest BCUT2D eigenvalue weighted by Crippen LogP contribution is -2.41. The molecule has 1 saturated heterocycles. The van der Waals surface area contributed by atoms with Gasteiger partial charge in [-0.25, -0.2) is 0 Å². The molecule has 0 bridgehead atoms. The molecule has 3 aromatic rings. The smallest absolute Gasteiger partial charge is 0.399 e. The molecule has 0 amide bonds. The van der Waals surface area contributed by atoms with Crippen molar-refractivity contribution in [2.45, 2.75) is 38.9 Å². The van der Waals surface area contributed by atoms with Crippen LogP contribution in [0.3, 0.4) is 0 Å². The maximum absolute atomic E-state index is 6.15. The second-order valence-electron chi connectivity index (χ2n) is 6.59. The SMILES string of the molecule is CC1(C)OB(c2cc3cc4ccsc4cc3s2)OC1(C)C. The van der Waals surface area contributed by atoms with Crippen LogP contribution < -0.4 is 4.78 Å². The molecule has 2 nitrogen and oxygen atoms in total. The van der Waals surface area contributed by atoms with E-state index in [1.54, 1.807) is 22.7 Å². The molecular formula is C16H17BO2S2. The quantitative estimate of drug-likeness (QED) is 0.619. The van der Waals surface area contributed by atoms with Crippen LogP contribution in [0.2, 0.25) is 0 Å². The Labute approximate surface area is 132 Å². The topological polar surface area (TPSA) is 18.5 Å². The first-order valence-corrected chi connectivity index (χ1v) is 8.82. The van der Waals surface area contributed by atoms with Crippen LogP contribution in [-0.2, 0) is 9.31 Å². The third-order valence-electron chi connectivity index (χ3n) is 4.60. The van der Waals surface area contributed by atoms with Crippen molar-refractivity contribution in [3.05, 3.63) is 29.6 Å². The van der Waals surface area contributed by atoms with E-state index in [1.807, 2.05) is 0 Å². The number of rotatable bonds is 1. The first kappa shape index (κ1) is 13.8. The zero-order chi connectivity index (χ0) is 14.8.